The van der Waals surface area contributed by atoms with Crippen molar-refractivity contribution in [2.45, 2.75) is 19.3 Å². The minimum atomic E-state index is 0.264. The van der Waals surface area contributed by atoms with Crippen molar-refractivity contribution in [3.8, 4) is 0 Å². The molecule has 1 aromatic heterocycles. The molecular weight excluding hydrogens is 360 g/mol. The zero-order valence-electron chi connectivity index (χ0n) is 15.6. The fourth-order valence-corrected chi connectivity index (χ4v) is 3.62. The number of H-pyrrole nitrogens is 1. The van der Waals surface area contributed by atoms with E-state index >= 15 is 0 Å². The Balaban J connectivity index is 1.56. The van der Waals surface area contributed by atoms with Crippen LogP contribution in [0.3, 0.4) is 0 Å². The number of amidine groups is 1. The van der Waals surface area contributed by atoms with E-state index in [0.717, 1.165) is 53.6 Å². The monoisotopic (exact) mass is 386 g/mol. The highest BCUT2D eigenvalue weighted by atomic mass is 32.2. The van der Waals surface area contributed by atoms with Crippen molar-refractivity contribution in [2.75, 3.05) is 26.7 Å². The van der Waals surface area contributed by atoms with Crippen LogP contribution in [0.1, 0.15) is 25.0 Å². The molecule has 0 aromatic carbocycles. The molecule has 0 saturated heterocycles. The fraction of sp³-hybridized carbons (Fsp3) is 0.421. The first kappa shape index (κ1) is 19.3. The van der Waals surface area contributed by atoms with Crippen LogP contribution in [0.25, 0.3) is 4.91 Å². The van der Waals surface area contributed by atoms with Crippen molar-refractivity contribution in [3.63, 3.8) is 0 Å². The first-order chi connectivity index (χ1) is 13.0. The van der Waals surface area contributed by atoms with Crippen LogP contribution in [0.15, 0.2) is 46.6 Å². The van der Waals surface area contributed by atoms with Gasteiger partial charge in [-0.15, -0.1) is 0 Å². The van der Waals surface area contributed by atoms with E-state index in [0.29, 0.717) is 12.4 Å². The first-order valence-corrected chi connectivity index (χ1v) is 9.93. The molecule has 144 valence electrons. The summed E-state index contributed by atoms with van der Waals surface area (Å²) in [5, 5.41) is 10.4. The van der Waals surface area contributed by atoms with Gasteiger partial charge < -0.3 is 16.0 Å². The lowest BCUT2D eigenvalue weighted by atomic mass is 10.3. The lowest BCUT2D eigenvalue weighted by Crippen LogP contribution is -2.31. The van der Waals surface area contributed by atoms with Crippen molar-refractivity contribution in [1.29, 1.82) is 0 Å². The second-order valence-corrected chi connectivity index (χ2v) is 7.84. The molecular formula is C19H26N6OS. The van der Waals surface area contributed by atoms with Gasteiger partial charge in [0.1, 0.15) is 5.84 Å². The number of carbonyl (C=O) groups excluding carboxylic acids is 1. The van der Waals surface area contributed by atoms with E-state index in [-0.39, 0.29) is 11.8 Å². The molecule has 1 aliphatic carbocycles. The Bertz CT molecular complexity index is 776. The van der Waals surface area contributed by atoms with Gasteiger partial charge in [0, 0.05) is 48.1 Å². The normalized spacial score (nSPS) is 23.6. The Kier molecular flexibility index (Phi) is 6.39. The Morgan fingerprint density at radius 1 is 1.52 bits per heavy atom. The standard InChI is InChI=1S/C19H26N6OS/c1-13-16(21-8-3-11-25(2)19(26)14-4-5-14)12-18(20)22-9-7-17(27-13)15-6-10-23-24-15/h6-7,10,12,14,21H,1,3-5,8-9,11H2,2H3,(H2,20,22)(H,23,24)/b16-12+,17-7-. The van der Waals surface area contributed by atoms with Crippen LogP contribution < -0.4 is 11.1 Å². The summed E-state index contributed by atoms with van der Waals surface area (Å²) >= 11 is 1.55. The van der Waals surface area contributed by atoms with Gasteiger partial charge in [0.25, 0.3) is 0 Å². The number of amides is 1. The van der Waals surface area contributed by atoms with Crippen LogP contribution in [0.2, 0.25) is 0 Å². The molecule has 2 heterocycles. The number of thioether (sulfide) groups is 1. The number of rotatable bonds is 7. The van der Waals surface area contributed by atoms with Crippen LogP contribution in [0, 0.1) is 5.92 Å². The zero-order valence-corrected chi connectivity index (χ0v) is 16.4. The van der Waals surface area contributed by atoms with Crippen molar-refractivity contribution >= 4 is 28.4 Å². The molecule has 4 N–H and O–H groups in total. The van der Waals surface area contributed by atoms with Gasteiger partial charge in [-0.3, -0.25) is 14.9 Å². The zero-order chi connectivity index (χ0) is 19.2. The van der Waals surface area contributed by atoms with E-state index < -0.39 is 0 Å². The summed E-state index contributed by atoms with van der Waals surface area (Å²) in [5.41, 5.74) is 7.78. The highest BCUT2D eigenvalue weighted by Crippen LogP contribution is 2.35. The van der Waals surface area contributed by atoms with Crippen molar-refractivity contribution in [3.05, 3.63) is 47.3 Å². The largest absolute Gasteiger partial charge is 0.384 e. The molecule has 27 heavy (non-hydrogen) atoms. The molecule has 3 rings (SSSR count). The molecule has 7 nitrogen and oxygen atoms in total. The number of hydrogen-bond acceptors (Lipinski definition) is 6. The molecule has 2 aliphatic rings. The first-order valence-electron chi connectivity index (χ1n) is 9.12. The minimum Gasteiger partial charge on any atom is -0.384 e. The summed E-state index contributed by atoms with van der Waals surface area (Å²) in [5.74, 6) is 0.990. The molecule has 1 amide bonds. The predicted molar refractivity (Wildman–Crippen MR) is 111 cm³/mol. The number of aromatic nitrogens is 2. The molecule has 0 bridgehead atoms. The Morgan fingerprint density at radius 3 is 3.04 bits per heavy atom. The molecule has 1 fully saturated rings. The molecule has 0 atom stereocenters. The minimum absolute atomic E-state index is 0.264. The third kappa shape index (κ3) is 5.50. The maximum Gasteiger partial charge on any atom is 0.225 e. The van der Waals surface area contributed by atoms with Crippen molar-refractivity contribution < 1.29 is 4.79 Å². The second kappa shape index (κ2) is 8.94. The lowest BCUT2D eigenvalue weighted by Gasteiger charge is -2.18. The van der Waals surface area contributed by atoms with E-state index in [9.17, 15) is 4.79 Å². The topological polar surface area (TPSA) is 99.4 Å². The number of nitrogens with one attached hydrogen (secondary N) is 2. The van der Waals surface area contributed by atoms with Crippen LogP contribution in [0.4, 0.5) is 0 Å². The summed E-state index contributed by atoms with van der Waals surface area (Å²) in [6.07, 6.45) is 8.47. The average molecular weight is 387 g/mol. The van der Waals surface area contributed by atoms with Gasteiger partial charge in [-0.05, 0) is 31.4 Å². The van der Waals surface area contributed by atoms with E-state index in [1.165, 1.54) is 0 Å². The molecule has 0 spiro atoms. The van der Waals surface area contributed by atoms with Crippen LogP contribution in [0.5, 0.6) is 0 Å². The number of hydrogen-bond donors (Lipinski definition) is 3. The molecule has 1 aliphatic heterocycles. The van der Waals surface area contributed by atoms with Gasteiger partial charge in [0.15, 0.2) is 0 Å². The van der Waals surface area contributed by atoms with E-state index in [1.54, 1.807) is 18.0 Å². The third-order valence-corrected chi connectivity index (χ3v) is 5.50. The Hall–Kier alpha value is -2.48. The average Bonchev–Trinajstić information content (AvgIpc) is 3.34. The van der Waals surface area contributed by atoms with Crippen molar-refractivity contribution in [1.82, 2.24) is 20.4 Å². The van der Waals surface area contributed by atoms with Gasteiger partial charge >= 0.3 is 0 Å². The maximum atomic E-state index is 12.0. The predicted octanol–water partition coefficient (Wildman–Crippen LogP) is 2.10. The van der Waals surface area contributed by atoms with Gasteiger partial charge in [-0.1, -0.05) is 18.3 Å². The summed E-state index contributed by atoms with van der Waals surface area (Å²) in [7, 11) is 1.88. The van der Waals surface area contributed by atoms with Gasteiger partial charge in [0.05, 0.1) is 17.9 Å². The highest BCUT2D eigenvalue weighted by Gasteiger charge is 2.31. The molecule has 0 unspecified atom stereocenters. The molecule has 1 aromatic rings. The molecule has 8 heteroatoms. The van der Waals surface area contributed by atoms with Gasteiger partial charge in [0.2, 0.25) is 5.91 Å². The SMILES string of the molecule is C=C1S/C(c2ccn[nH]2)=C\C/N=C(N)\C=C/1NCCCN(C)C(=O)C1CC1. The third-order valence-electron chi connectivity index (χ3n) is 4.43. The smallest absolute Gasteiger partial charge is 0.225 e. The van der Waals surface area contributed by atoms with Crippen molar-refractivity contribution in [2.24, 2.45) is 16.6 Å². The quantitative estimate of drug-likeness (QED) is 0.623. The molecule has 0 radical (unpaired) electrons. The summed E-state index contributed by atoms with van der Waals surface area (Å²) in [4.78, 5) is 20.1. The highest BCUT2D eigenvalue weighted by molar-refractivity contribution is 8.12. The van der Waals surface area contributed by atoms with Crippen LogP contribution in [-0.2, 0) is 4.79 Å². The van der Waals surface area contributed by atoms with E-state index in [2.05, 4.69) is 27.1 Å². The number of aliphatic imine (C=N–C) groups is 1. The lowest BCUT2D eigenvalue weighted by molar-refractivity contribution is -0.131. The summed E-state index contributed by atoms with van der Waals surface area (Å²) in [6, 6.07) is 1.92. The number of aromatic amines is 1. The second-order valence-electron chi connectivity index (χ2n) is 6.70. The van der Waals surface area contributed by atoms with Gasteiger partial charge in [-0.2, -0.15) is 5.10 Å². The number of nitrogens with two attached hydrogens (primary N) is 1. The van der Waals surface area contributed by atoms with E-state index in [1.807, 2.05) is 30.2 Å². The number of carbonyl (C=O) groups is 1. The Morgan fingerprint density at radius 2 is 2.33 bits per heavy atom. The molecule has 1 saturated carbocycles. The number of nitrogens with zero attached hydrogens (tertiary/aromatic N) is 3. The summed E-state index contributed by atoms with van der Waals surface area (Å²) < 4.78 is 0. The van der Waals surface area contributed by atoms with Crippen LogP contribution in [-0.4, -0.2) is 53.5 Å². The Labute approximate surface area is 163 Å². The van der Waals surface area contributed by atoms with Gasteiger partial charge in [-0.25, -0.2) is 0 Å². The summed E-state index contributed by atoms with van der Waals surface area (Å²) in [6.45, 7) is 6.15. The van der Waals surface area contributed by atoms with E-state index in [4.69, 9.17) is 5.73 Å². The maximum absolute atomic E-state index is 12.0. The van der Waals surface area contributed by atoms with Crippen LogP contribution >= 0.6 is 11.8 Å². The fourth-order valence-electron chi connectivity index (χ4n) is 2.74.